The molecule has 10 rings (SSSR count). The average molecular weight is 679 g/mol. The summed E-state index contributed by atoms with van der Waals surface area (Å²) in [6.45, 7) is 4.67. The fraction of sp³-hybridized carbons (Fsp3) is 0.0588. The topological polar surface area (TPSA) is 8.17 Å². The van der Waals surface area contributed by atoms with Gasteiger partial charge in [-0.3, -0.25) is 0 Å². The van der Waals surface area contributed by atoms with E-state index in [9.17, 15) is 0 Å². The third kappa shape index (κ3) is 5.10. The minimum absolute atomic E-state index is 0.0237. The molecule has 0 radical (unpaired) electrons. The number of rotatable bonds is 6. The second-order valence-electron chi connectivity index (χ2n) is 14.6. The van der Waals surface area contributed by atoms with Crippen LogP contribution in [0.15, 0.2) is 194 Å². The highest BCUT2D eigenvalue weighted by Gasteiger charge is 2.35. The molecular weight excluding hydrogens is 641 g/mol. The molecule has 1 aliphatic carbocycles. The maximum Gasteiger partial charge on any atom is 0.0541 e. The third-order valence-corrected chi connectivity index (χ3v) is 11.2. The second-order valence-corrected chi connectivity index (χ2v) is 14.6. The third-order valence-electron chi connectivity index (χ3n) is 11.2. The average Bonchev–Trinajstić information content (AvgIpc) is 3.67. The van der Waals surface area contributed by atoms with Crippen molar-refractivity contribution in [3.8, 4) is 39.1 Å². The Labute approximate surface area is 310 Å². The summed E-state index contributed by atoms with van der Waals surface area (Å²) in [5, 5.41) is 2.51. The Morgan fingerprint density at radius 1 is 0.377 bits per heavy atom. The van der Waals surface area contributed by atoms with E-state index in [1.54, 1.807) is 0 Å². The van der Waals surface area contributed by atoms with E-state index in [-0.39, 0.29) is 5.41 Å². The molecule has 0 aliphatic heterocycles. The number of benzene rings is 8. The monoisotopic (exact) mass is 678 g/mol. The lowest BCUT2D eigenvalue weighted by Crippen LogP contribution is -2.15. The van der Waals surface area contributed by atoms with Gasteiger partial charge in [0.05, 0.1) is 11.0 Å². The Balaban J connectivity index is 1.03. The summed E-state index contributed by atoms with van der Waals surface area (Å²) >= 11 is 0. The van der Waals surface area contributed by atoms with E-state index >= 15 is 0 Å². The maximum atomic E-state index is 2.39. The van der Waals surface area contributed by atoms with Gasteiger partial charge in [-0.1, -0.05) is 141 Å². The van der Waals surface area contributed by atoms with E-state index in [1.165, 1.54) is 66.3 Å². The zero-order valence-corrected chi connectivity index (χ0v) is 29.9. The molecule has 0 bridgehead atoms. The number of anilines is 3. The highest BCUT2D eigenvalue weighted by Crippen LogP contribution is 2.50. The summed E-state index contributed by atoms with van der Waals surface area (Å²) in [6, 6.07) is 70.7. The lowest BCUT2D eigenvalue weighted by atomic mass is 9.82. The van der Waals surface area contributed by atoms with Gasteiger partial charge in [-0.15, -0.1) is 0 Å². The van der Waals surface area contributed by atoms with Crippen molar-refractivity contribution in [2.24, 2.45) is 0 Å². The molecule has 1 aromatic heterocycles. The Morgan fingerprint density at radius 2 is 0.925 bits per heavy atom. The van der Waals surface area contributed by atoms with Crippen LogP contribution in [0, 0.1) is 0 Å². The van der Waals surface area contributed by atoms with Gasteiger partial charge < -0.3 is 9.47 Å². The molecule has 0 amide bonds. The van der Waals surface area contributed by atoms with Crippen molar-refractivity contribution in [2.45, 2.75) is 19.3 Å². The molecule has 0 saturated heterocycles. The molecule has 2 nitrogen and oxygen atoms in total. The molecule has 0 fully saturated rings. The normalized spacial score (nSPS) is 12.9. The molecule has 0 saturated carbocycles. The number of nitrogens with zero attached hydrogens (tertiary/aromatic N) is 2. The standard InChI is InChI=1S/C51H38N2/c1-51(2)47-19-11-9-17-43(47)45-34-42(30-31-48(45)51)52(39-15-7-4-8-16-39)40-26-23-37(24-27-40)38-25-32-50-46(33-38)44-18-10-12-20-49(44)53(50)41-28-21-36(22-29-41)35-13-5-3-6-14-35/h3-34H,1-2H3. The highest BCUT2D eigenvalue weighted by molar-refractivity contribution is 6.10. The summed E-state index contributed by atoms with van der Waals surface area (Å²) in [6.07, 6.45) is 0. The Hall–Kier alpha value is -6.64. The highest BCUT2D eigenvalue weighted by atomic mass is 15.1. The molecule has 252 valence electrons. The summed E-state index contributed by atoms with van der Waals surface area (Å²) in [5.74, 6) is 0. The lowest BCUT2D eigenvalue weighted by Gasteiger charge is -2.27. The van der Waals surface area contributed by atoms with E-state index in [0.717, 1.165) is 22.7 Å². The molecule has 2 heteroatoms. The van der Waals surface area contributed by atoms with E-state index in [2.05, 4.69) is 217 Å². The van der Waals surface area contributed by atoms with Crippen molar-refractivity contribution in [1.29, 1.82) is 0 Å². The van der Waals surface area contributed by atoms with Crippen molar-refractivity contribution in [2.75, 3.05) is 4.90 Å². The number of fused-ring (bicyclic) bond motifs is 6. The van der Waals surface area contributed by atoms with Gasteiger partial charge >= 0.3 is 0 Å². The predicted octanol–water partition coefficient (Wildman–Crippen LogP) is 13.9. The van der Waals surface area contributed by atoms with Crippen LogP contribution in [-0.4, -0.2) is 4.57 Å². The van der Waals surface area contributed by atoms with E-state index in [1.807, 2.05) is 0 Å². The molecule has 0 N–H and O–H groups in total. The molecular formula is C51H38N2. The summed E-state index contributed by atoms with van der Waals surface area (Å²) in [4.78, 5) is 2.37. The van der Waals surface area contributed by atoms with Gasteiger partial charge in [0.25, 0.3) is 0 Å². The van der Waals surface area contributed by atoms with Crippen LogP contribution in [0.2, 0.25) is 0 Å². The van der Waals surface area contributed by atoms with Crippen molar-refractivity contribution < 1.29 is 0 Å². The molecule has 0 unspecified atom stereocenters. The van der Waals surface area contributed by atoms with Gasteiger partial charge in [0.2, 0.25) is 0 Å². The first-order valence-electron chi connectivity index (χ1n) is 18.4. The number of hydrogen-bond acceptors (Lipinski definition) is 1. The van der Waals surface area contributed by atoms with Crippen molar-refractivity contribution in [3.63, 3.8) is 0 Å². The van der Waals surface area contributed by atoms with Crippen LogP contribution in [0.3, 0.4) is 0 Å². The van der Waals surface area contributed by atoms with Gasteiger partial charge in [-0.25, -0.2) is 0 Å². The Kier molecular flexibility index (Phi) is 7.19. The summed E-state index contributed by atoms with van der Waals surface area (Å²) in [5.41, 5.74) is 17.2. The van der Waals surface area contributed by atoms with Crippen LogP contribution in [-0.2, 0) is 5.41 Å². The largest absolute Gasteiger partial charge is 0.310 e. The molecule has 8 aromatic carbocycles. The van der Waals surface area contributed by atoms with Crippen molar-refractivity contribution in [3.05, 3.63) is 205 Å². The van der Waals surface area contributed by atoms with Crippen LogP contribution in [0.25, 0.3) is 60.9 Å². The first-order valence-corrected chi connectivity index (χ1v) is 18.4. The number of hydrogen-bond donors (Lipinski definition) is 0. The van der Waals surface area contributed by atoms with Crippen LogP contribution >= 0.6 is 0 Å². The van der Waals surface area contributed by atoms with E-state index in [0.29, 0.717) is 0 Å². The van der Waals surface area contributed by atoms with Crippen LogP contribution in [0.1, 0.15) is 25.0 Å². The first kappa shape index (κ1) is 31.1. The zero-order valence-electron chi connectivity index (χ0n) is 29.9. The minimum Gasteiger partial charge on any atom is -0.310 e. The minimum atomic E-state index is -0.0237. The van der Waals surface area contributed by atoms with Gasteiger partial charge in [0.1, 0.15) is 0 Å². The maximum absolute atomic E-state index is 2.39. The molecule has 0 atom stereocenters. The predicted molar refractivity (Wildman–Crippen MR) is 224 cm³/mol. The van der Waals surface area contributed by atoms with Gasteiger partial charge in [0.15, 0.2) is 0 Å². The van der Waals surface area contributed by atoms with Gasteiger partial charge in [0, 0.05) is 38.9 Å². The fourth-order valence-electron chi connectivity index (χ4n) is 8.54. The number of para-hydroxylation sites is 2. The van der Waals surface area contributed by atoms with Crippen LogP contribution in [0.5, 0.6) is 0 Å². The molecule has 1 heterocycles. The zero-order chi connectivity index (χ0) is 35.5. The van der Waals surface area contributed by atoms with Crippen LogP contribution in [0.4, 0.5) is 17.1 Å². The second kappa shape index (κ2) is 12.3. The molecule has 9 aromatic rings. The first-order chi connectivity index (χ1) is 26.0. The van der Waals surface area contributed by atoms with Crippen molar-refractivity contribution >= 4 is 38.9 Å². The van der Waals surface area contributed by atoms with Crippen molar-refractivity contribution in [1.82, 2.24) is 4.57 Å². The quantitative estimate of drug-likeness (QED) is 0.170. The Bertz CT molecular complexity index is 2770. The molecule has 1 aliphatic rings. The van der Waals surface area contributed by atoms with Crippen LogP contribution < -0.4 is 4.90 Å². The molecule has 0 spiro atoms. The van der Waals surface area contributed by atoms with Gasteiger partial charge in [-0.05, 0) is 111 Å². The summed E-state index contributed by atoms with van der Waals surface area (Å²) in [7, 11) is 0. The van der Waals surface area contributed by atoms with E-state index < -0.39 is 0 Å². The molecule has 53 heavy (non-hydrogen) atoms. The smallest absolute Gasteiger partial charge is 0.0541 e. The SMILES string of the molecule is CC1(C)c2ccccc2-c2cc(N(c3ccccc3)c3ccc(-c4ccc5c(c4)c4ccccc4n5-c4ccc(-c5ccccc5)cc4)cc3)ccc21. The Morgan fingerprint density at radius 3 is 1.72 bits per heavy atom. The number of aromatic nitrogens is 1. The van der Waals surface area contributed by atoms with E-state index in [4.69, 9.17) is 0 Å². The lowest BCUT2D eigenvalue weighted by molar-refractivity contribution is 0.660. The fourth-order valence-corrected chi connectivity index (χ4v) is 8.54. The van der Waals surface area contributed by atoms with Gasteiger partial charge in [-0.2, -0.15) is 0 Å². The summed E-state index contributed by atoms with van der Waals surface area (Å²) < 4.78 is 2.39.